The van der Waals surface area contributed by atoms with Crippen molar-refractivity contribution >= 4 is 22.6 Å². The van der Waals surface area contributed by atoms with Crippen LogP contribution in [0.25, 0.3) is 10.8 Å². The van der Waals surface area contributed by atoms with Crippen LogP contribution in [0, 0.1) is 0 Å². The molecule has 2 aromatic carbocycles. The molecule has 3 rings (SSSR count). The summed E-state index contributed by atoms with van der Waals surface area (Å²) >= 11 is 0. The third-order valence-corrected chi connectivity index (χ3v) is 4.50. The standard InChI is InChI=1S/C19H21NO8/c1-9(18(25)26)20-17(24)12-3-2-11-7-13(5-4-10(11)6-12)28-19-16(23)15(22)14(21)8-27-19/h2-7,9,14-16,19,21-23H,8H2,1H3,(H,20,24)(H,25,26)/t9-,14+,15-,16+,19-/m0/s1. The summed E-state index contributed by atoms with van der Waals surface area (Å²) in [6.45, 7) is 1.21. The molecule has 0 bridgehead atoms. The fourth-order valence-electron chi connectivity index (χ4n) is 2.80. The fourth-order valence-corrected chi connectivity index (χ4v) is 2.80. The number of carbonyl (C=O) groups excluding carboxylic acids is 1. The topological polar surface area (TPSA) is 146 Å². The lowest BCUT2D eigenvalue weighted by Gasteiger charge is -2.34. The van der Waals surface area contributed by atoms with Crippen LogP contribution in [0.1, 0.15) is 17.3 Å². The molecule has 1 aliphatic rings. The lowest BCUT2D eigenvalue weighted by Crippen LogP contribution is -2.54. The second kappa shape index (κ2) is 8.11. The molecule has 1 amide bonds. The number of carbonyl (C=O) groups is 2. The predicted molar refractivity (Wildman–Crippen MR) is 96.9 cm³/mol. The number of amides is 1. The minimum atomic E-state index is -1.40. The van der Waals surface area contributed by atoms with Gasteiger partial charge in [-0.1, -0.05) is 12.1 Å². The first-order valence-corrected chi connectivity index (χ1v) is 8.66. The second-order valence-electron chi connectivity index (χ2n) is 6.63. The van der Waals surface area contributed by atoms with Crippen molar-refractivity contribution in [3.63, 3.8) is 0 Å². The summed E-state index contributed by atoms with van der Waals surface area (Å²) in [6, 6.07) is 8.83. The van der Waals surface area contributed by atoms with E-state index in [0.29, 0.717) is 11.3 Å². The van der Waals surface area contributed by atoms with Crippen LogP contribution < -0.4 is 10.1 Å². The number of aliphatic hydroxyl groups is 3. The Labute approximate surface area is 160 Å². The van der Waals surface area contributed by atoms with E-state index in [2.05, 4.69) is 5.32 Å². The molecule has 9 heteroatoms. The zero-order chi connectivity index (χ0) is 20.4. The summed E-state index contributed by atoms with van der Waals surface area (Å²) in [6.07, 6.45) is -5.08. The van der Waals surface area contributed by atoms with Crippen LogP contribution in [0.3, 0.4) is 0 Å². The highest BCUT2D eigenvalue weighted by molar-refractivity contribution is 6.00. The van der Waals surface area contributed by atoms with Crippen LogP contribution in [0.4, 0.5) is 0 Å². The quantitative estimate of drug-likeness (QED) is 0.473. The van der Waals surface area contributed by atoms with Gasteiger partial charge in [-0.3, -0.25) is 9.59 Å². The number of carboxylic acid groups (broad SMARTS) is 1. The molecule has 28 heavy (non-hydrogen) atoms. The molecule has 0 aromatic heterocycles. The molecule has 1 heterocycles. The summed E-state index contributed by atoms with van der Waals surface area (Å²) in [5.41, 5.74) is 0.317. The highest BCUT2D eigenvalue weighted by atomic mass is 16.7. The van der Waals surface area contributed by atoms with E-state index in [1.54, 1.807) is 36.4 Å². The summed E-state index contributed by atoms with van der Waals surface area (Å²) in [4.78, 5) is 23.0. The molecule has 150 valence electrons. The normalized spacial score (nSPS) is 25.9. The van der Waals surface area contributed by atoms with Crippen LogP contribution in [0.2, 0.25) is 0 Å². The van der Waals surface area contributed by atoms with Gasteiger partial charge in [0.15, 0.2) is 0 Å². The predicted octanol–water partition coefficient (Wildman–Crippen LogP) is -0.140. The van der Waals surface area contributed by atoms with Crippen molar-refractivity contribution in [2.75, 3.05) is 6.61 Å². The van der Waals surface area contributed by atoms with E-state index in [1.165, 1.54) is 6.92 Å². The molecule has 0 spiro atoms. The first-order valence-electron chi connectivity index (χ1n) is 8.66. The number of hydrogen-bond donors (Lipinski definition) is 5. The number of fused-ring (bicyclic) bond motifs is 1. The van der Waals surface area contributed by atoms with Crippen molar-refractivity contribution in [1.82, 2.24) is 5.32 Å². The monoisotopic (exact) mass is 391 g/mol. The molecule has 2 aromatic rings. The SMILES string of the molecule is C[C@H](NC(=O)c1ccc2cc(O[C@@H]3OC[C@@H](O)[C@H](O)[C@H]3O)ccc2c1)C(=O)O. The third-order valence-electron chi connectivity index (χ3n) is 4.50. The molecule has 0 aliphatic carbocycles. The van der Waals surface area contributed by atoms with Crippen molar-refractivity contribution in [3.8, 4) is 5.75 Å². The van der Waals surface area contributed by atoms with E-state index >= 15 is 0 Å². The highest BCUT2D eigenvalue weighted by Gasteiger charge is 2.39. The van der Waals surface area contributed by atoms with Gasteiger partial charge in [0.05, 0.1) is 6.61 Å². The smallest absolute Gasteiger partial charge is 0.325 e. The van der Waals surface area contributed by atoms with E-state index in [9.17, 15) is 24.9 Å². The Morgan fingerprint density at radius 1 is 1.11 bits per heavy atom. The molecule has 1 saturated heterocycles. The second-order valence-corrected chi connectivity index (χ2v) is 6.63. The molecule has 1 aliphatic heterocycles. The van der Waals surface area contributed by atoms with Gasteiger partial charge in [-0.15, -0.1) is 0 Å². The van der Waals surface area contributed by atoms with Crippen LogP contribution in [-0.4, -0.2) is 69.6 Å². The maximum Gasteiger partial charge on any atom is 0.325 e. The summed E-state index contributed by atoms with van der Waals surface area (Å²) in [5, 5.41) is 41.9. The van der Waals surface area contributed by atoms with Gasteiger partial charge in [-0.2, -0.15) is 0 Å². The van der Waals surface area contributed by atoms with E-state index in [0.717, 1.165) is 10.8 Å². The molecule has 0 saturated carbocycles. The van der Waals surface area contributed by atoms with E-state index in [-0.39, 0.29) is 6.61 Å². The number of carboxylic acids is 1. The molecule has 5 atom stereocenters. The van der Waals surface area contributed by atoms with Gasteiger partial charge in [-0.25, -0.2) is 0 Å². The summed E-state index contributed by atoms with van der Waals surface area (Å²) in [7, 11) is 0. The average molecular weight is 391 g/mol. The number of ether oxygens (including phenoxy) is 2. The number of rotatable bonds is 5. The molecule has 1 fully saturated rings. The lowest BCUT2D eigenvalue weighted by molar-refractivity contribution is -0.242. The van der Waals surface area contributed by atoms with Crippen LogP contribution in [0.15, 0.2) is 36.4 Å². The molecule has 9 nitrogen and oxygen atoms in total. The van der Waals surface area contributed by atoms with E-state index < -0.39 is 42.5 Å². The van der Waals surface area contributed by atoms with Crippen LogP contribution in [0.5, 0.6) is 5.75 Å². The van der Waals surface area contributed by atoms with Crippen molar-refractivity contribution in [2.24, 2.45) is 0 Å². The van der Waals surface area contributed by atoms with Gasteiger partial charge in [0.25, 0.3) is 5.91 Å². The zero-order valence-corrected chi connectivity index (χ0v) is 15.0. The molecule has 0 radical (unpaired) electrons. The minimum Gasteiger partial charge on any atom is -0.480 e. The lowest BCUT2D eigenvalue weighted by atomic mass is 10.0. The Hall–Kier alpha value is -2.72. The first-order chi connectivity index (χ1) is 13.3. The van der Waals surface area contributed by atoms with Crippen LogP contribution in [-0.2, 0) is 9.53 Å². The van der Waals surface area contributed by atoms with E-state index in [1.807, 2.05) is 0 Å². The molecule has 5 N–H and O–H groups in total. The average Bonchev–Trinajstić information content (AvgIpc) is 2.67. The number of hydrogen-bond acceptors (Lipinski definition) is 7. The van der Waals surface area contributed by atoms with Gasteiger partial charge in [0, 0.05) is 5.56 Å². The zero-order valence-electron chi connectivity index (χ0n) is 15.0. The van der Waals surface area contributed by atoms with E-state index in [4.69, 9.17) is 14.6 Å². The van der Waals surface area contributed by atoms with Crippen molar-refractivity contribution in [3.05, 3.63) is 42.0 Å². The van der Waals surface area contributed by atoms with Gasteiger partial charge in [-0.05, 0) is 42.0 Å². The maximum atomic E-state index is 12.1. The Morgan fingerprint density at radius 3 is 2.50 bits per heavy atom. The van der Waals surface area contributed by atoms with Crippen molar-refractivity contribution in [2.45, 2.75) is 37.6 Å². The first kappa shape index (κ1) is 20.0. The van der Waals surface area contributed by atoms with Gasteiger partial charge < -0.3 is 35.2 Å². The Morgan fingerprint density at radius 2 is 1.79 bits per heavy atom. The molecular formula is C19H21NO8. The summed E-state index contributed by atoms with van der Waals surface area (Å²) < 4.78 is 10.8. The number of nitrogens with one attached hydrogen (secondary N) is 1. The fraction of sp³-hybridized carbons (Fsp3) is 0.368. The Balaban J connectivity index is 1.74. The van der Waals surface area contributed by atoms with Crippen LogP contribution >= 0.6 is 0 Å². The Kier molecular flexibility index (Phi) is 5.80. The van der Waals surface area contributed by atoms with Crippen molar-refractivity contribution < 1.29 is 39.5 Å². The number of aliphatic carboxylic acids is 1. The maximum absolute atomic E-state index is 12.1. The van der Waals surface area contributed by atoms with Crippen molar-refractivity contribution in [1.29, 1.82) is 0 Å². The third kappa shape index (κ3) is 4.23. The molecule has 0 unspecified atom stereocenters. The van der Waals surface area contributed by atoms with Gasteiger partial charge in [0.2, 0.25) is 6.29 Å². The largest absolute Gasteiger partial charge is 0.480 e. The summed E-state index contributed by atoms with van der Waals surface area (Å²) in [5.74, 6) is -1.25. The number of benzene rings is 2. The molecular weight excluding hydrogens is 370 g/mol. The van der Waals surface area contributed by atoms with Gasteiger partial charge in [0.1, 0.15) is 30.1 Å². The highest BCUT2D eigenvalue weighted by Crippen LogP contribution is 2.25. The minimum absolute atomic E-state index is 0.163. The number of aliphatic hydroxyl groups excluding tert-OH is 3. The Bertz CT molecular complexity index is 885. The van der Waals surface area contributed by atoms with Gasteiger partial charge >= 0.3 is 5.97 Å².